The summed E-state index contributed by atoms with van der Waals surface area (Å²) in [6, 6.07) is 5.38. The number of aliphatic hydroxyl groups excluding tert-OH is 1. The Hall–Kier alpha value is -2.10. The van der Waals surface area contributed by atoms with Crippen molar-refractivity contribution in [3.8, 4) is 6.07 Å². The summed E-state index contributed by atoms with van der Waals surface area (Å²) in [5.74, 6) is 0.475. The third kappa shape index (κ3) is 2.77. The molecule has 0 bridgehead atoms. The molecule has 92 valence electrons. The molecule has 0 amide bonds. The second-order valence-electron chi connectivity index (χ2n) is 3.73. The highest BCUT2D eigenvalue weighted by molar-refractivity contribution is 7.07. The van der Waals surface area contributed by atoms with Crippen LogP contribution in [-0.4, -0.2) is 16.6 Å². The van der Waals surface area contributed by atoms with E-state index in [-0.39, 0.29) is 0 Å². The summed E-state index contributed by atoms with van der Waals surface area (Å²) in [6.07, 6.45) is 0.837. The standard InChI is InChI=1S/C12H12N4OS/c13-4-8-3-10(14)12(15-5-8)16-6-11(17)9-1-2-18-7-9/h1-3,5,7,11,17H,6,14H2,(H,15,16). The van der Waals surface area contributed by atoms with Crippen LogP contribution in [0.2, 0.25) is 0 Å². The minimum atomic E-state index is -0.604. The topological polar surface area (TPSA) is 95.0 Å². The molecular weight excluding hydrogens is 248 g/mol. The second kappa shape index (κ2) is 5.49. The molecule has 0 aliphatic rings. The van der Waals surface area contributed by atoms with Gasteiger partial charge in [-0.15, -0.1) is 0 Å². The van der Waals surface area contributed by atoms with Crippen molar-refractivity contribution in [3.05, 3.63) is 40.2 Å². The van der Waals surface area contributed by atoms with Crippen molar-refractivity contribution in [3.63, 3.8) is 0 Å². The van der Waals surface area contributed by atoms with Crippen LogP contribution in [0.3, 0.4) is 0 Å². The van der Waals surface area contributed by atoms with Crippen LogP contribution >= 0.6 is 11.3 Å². The molecule has 0 spiro atoms. The van der Waals surface area contributed by atoms with E-state index in [1.54, 1.807) is 6.07 Å². The Morgan fingerprint density at radius 1 is 1.61 bits per heavy atom. The van der Waals surface area contributed by atoms with Gasteiger partial charge in [0.2, 0.25) is 0 Å². The Morgan fingerprint density at radius 2 is 2.44 bits per heavy atom. The monoisotopic (exact) mass is 260 g/mol. The SMILES string of the molecule is N#Cc1cnc(NCC(O)c2ccsc2)c(N)c1. The summed E-state index contributed by atoms with van der Waals surface area (Å²) in [6.45, 7) is 0.319. The number of anilines is 2. The zero-order chi connectivity index (χ0) is 13.0. The molecule has 5 nitrogen and oxygen atoms in total. The smallest absolute Gasteiger partial charge is 0.149 e. The first-order valence-corrected chi connectivity index (χ1v) is 6.24. The number of hydrogen-bond donors (Lipinski definition) is 3. The summed E-state index contributed by atoms with van der Waals surface area (Å²) >= 11 is 1.53. The summed E-state index contributed by atoms with van der Waals surface area (Å²) in [4.78, 5) is 4.04. The fraction of sp³-hybridized carbons (Fsp3) is 0.167. The number of nitriles is 1. The molecular formula is C12H12N4OS. The Morgan fingerprint density at radius 3 is 3.06 bits per heavy atom. The zero-order valence-corrected chi connectivity index (χ0v) is 10.3. The van der Waals surface area contributed by atoms with E-state index in [4.69, 9.17) is 11.0 Å². The lowest BCUT2D eigenvalue weighted by atomic mass is 10.2. The lowest BCUT2D eigenvalue weighted by Gasteiger charge is -2.12. The maximum absolute atomic E-state index is 9.89. The highest BCUT2D eigenvalue weighted by Crippen LogP contribution is 2.19. The Bertz CT molecular complexity index is 562. The van der Waals surface area contributed by atoms with Crippen LogP contribution in [0.25, 0.3) is 0 Å². The van der Waals surface area contributed by atoms with Gasteiger partial charge in [0.1, 0.15) is 11.9 Å². The van der Waals surface area contributed by atoms with E-state index in [0.29, 0.717) is 23.6 Å². The lowest BCUT2D eigenvalue weighted by molar-refractivity contribution is 0.192. The van der Waals surface area contributed by atoms with Gasteiger partial charge in [0.15, 0.2) is 0 Å². The minimum absolute atomic E-state index is 0.319. The maximum atomic E-state index is 9.89. The van der Waals surface area contributed by atoms with Gasteiger partial charge in [0.05, 0.1) is 17.4 Å². The van der Waals surface area contributed by atoms with Crippen LogP contribution in [-0.2, 0) is 0 Å². The first-order chi connectivity index (χ1) is 8.70. The molecule has 4 N–H and O–H groups in total. The van der Waals surface area contributed by atoms with Gasteiger partial charge in [-0.25, -0.2) is 4.98 Å². The molecule has 18 heavy (non-hydrogen) atoms. The van der Waals surface area contributed by atoms with Crippen LogP contribution in [0.1, 0.15) is 17.2 Å². The van der Waals surface area contributed by atoms with Crippen LogP contribution in [0, 0.1) is 11.3 Å². The molecule has 1 unspecified atom stereocenters. The molecule has 2 heterocycles. The molecule has 0 radical (unpaired) electrons. The highest BCUT2D eigenvalue weighted by Gasteiger charge is 2.09. The van der Waals surface area contributed by atoms with Crippen molar-refractivity contribution in [1.29, 1.82) is 5.26 Å². The third-order valence-electron chi connectivity index (χ3n) is 2.44. The van der Waals surface area contributed by atoms with Gasteiger partial charge in [0, 0.05) is 12.7 Å². The molecule has 2 aromatic heterocycles. The Balaban J connectivity index is 2.00. The quantitative estimate of drug-likeness (QED) is 0.778. The molecule has 0 aromatic carbocycles. The van der Waals surface area contributed by atoms with Crippen molar-refractivity contribution in [1.82, 2.24) is 4.98 Å². The van der Waals surface area contributed by atoms with Crippen molar-refractivity contribution in [2.75, 3.05) is 17.6 Å². The zero-order valence-electron chi connectivity index (χ0n) is 9.50. The number of nitrogens with two attached hydrogens (primary N) is 1. The number of pyridine rings is 1. The molecule has 1 atom stereocenters. The van der Waals surface area contributed by atoms with Gasteiger partial charge in [-0.1, -0.05) is 0 Å². The summed E-state index contributed by atoms with van der Waals surface area (Å²) in [5, 5.41) is 25.3. The van der Waals surface area contributed by atoms with Crippen LogP contribution < -0.4 is 11.1 Å². The number of nitrogens with one attached hydrogen (secondary N) is 1. The number of aliphatic hydroxyl groups is 1. The summed E-state index contributed by atoms with van der Waals surface area (Å²) in [7, 11) is 0. The molecule has 2 rings (SSSR count). The van der Waals surface area contributed by atoms with Gasteiger partial charge >= 0.3 is 0 Å². The lowest BCUT2D eigenvalue weighted by Crippen LogP contribution is -2.13. The number of aromatic nitrogens is 1. The van der Waals surface area contributed by atoms with Gasteiger partial charge in [-0.05, 0) is 28.5 Å². The predicted molar refractivity (Wildman–Crippen MR) is 71.1 cm³/mol. The Labute approximate surface area is 109 Å². The minimum Gasteiger partial charge on any atom is -0.396 e. The number of nitrogen functional groups attached to an aromatic ring is 1. The molecule has 0 aliphatic heterocycles. The number of rotatable bonds is 4. The molecule has 6 heteroatoms. The molecule has 2 aromatic rings. The van der Waals surface area contributed by atoms with Crippen molar-refractivity contribution >= 4 is 22.8 Å². The predicted octanol–water partition coefficient (Wildman–Crippen LogP) is 1.74. The van der Waals surface area contributed by atoms with Gasteiger partial charge < -0.3 is 16.2 Å². The second-order valence-corrected chi connectivity index (χ2v) is 4.51. The van der Waals surface area contributed by atoms with Crippen molar-refractivity contribution in [2.24, 2.45) is 0 Å². The van der Waals surface area contributed by atoms with Crippen molar-refractivity contribution < 1.29 is 5.11 Å². The molecule has 0 fully saturated rings. The largest absolute Gasteiger partial charge is 0.396 e. The summed E-state index contributed by atoms with van der Waals surface area (Å²) in [5.41, 5.74) is 7.42. The first kappa shape index (κ1) is 12.4. The van der Waals surface area contributed by atoms with E-state index in [0.717, 1.165) is 5.56 Å². The highest BCUT2D eigenvalue weighted by atomic mass is 32.1. The van der Waals surface area contributed by atoms with E-state index in [9.17, 15) is 5.11 Å². The van der Waals surface area contributed by atoms with Gasteiger partial charge in [0.25, 0.3) is 0 Å². The average molecular weight is 260 g/mol. The van der Waals surface area contributed by atoms with E-state index in [2.05, 4.69) is 10.3 Å². The molecule has 0 saturated carbocycles. The average Bonchev–Trinajstić information content (AvgIpc) is 2.90. The van der Waals surface area contributed by atoms with Crippen LogP contribution in [0.4, 0.5) is 11.5 Å². The van der Waals surface area contributed by atoms with E-state index in [1.165, 1.54) is 17.5 Å². The fourth-order valence-corrected chi connectivity index (χ4v) is 2.17. The van der Waals surface area contributed by atoms with Gasteiger partial charge in [-0.2, -0.15) is 16.6 Å². The number of hydrogen-bond acceptors (Lipinski definition) is 6. The van der Waals surface area contributed by atoms with Crippen LogP contribution in [0.5, 0.6) is 0 Å². The van der Waals surface area contributed by atoms with E-state index >= 15 is 0 Å². The Kier molecular flexibility index (Phi) is 3.77. The number of nitrogens with zero attached hydrogens (tertiary/aromatic N) is 2. The third-order valence-corrected chi connectivity index (χ3v) is 3.14. The summed E-state index contributed by atoms with van der Waals surface area (Å²) < 4.78 is 0. The fourth-order valence-electron chi connectivity index (χ4n) is 1.47. The van der Waals surface area contributed by atoms with Crippen molar-refractivity contribution in [2.45, 2.75) is 6.10 Å². The maximum Gasteiger partial charge on any atom is 0.149 e. The normalized spacial score (nSPS) is 11.8. The van der Waals surface area contributed by atoms with Crippen LogP contribution in [0.15, 0.2) is 29.1 Å². The molecule has 0 aliphatic carbocycles. The van der Waals surface area contributed by atoms with E-state index < -0.39 is 6.10 Å². The first-order valence-electron chi connectivity index (χ1n) is 5.30. The molecule has 0 saturated heterocycles. The van der Waals surface area contributed by atoms with E-state index in [1.807, 2.05) is 22.9 Å². The number of thiophene rings is 1. The van der Waals surface area contributed by atoms with Gasteiger partial charge in [-0.3, -0.25) is 0 Å².